The molecule has 9 aromatic rings. The van der Waals surface area contributed by atoms with Crippen molar-refractivity contribution in [3.05, 3.63) is 97.1 Å². The van der Waals surface area contributed by atoms with Gasteiger partial charge in [0.1, 0.15) is 73.9 Å². The lowest BCUT2D eigenvalue weighted by atomic mass is 9.63. The monoisotopic (exact) mass is 660 g/mol. The lowest BCUT2D eigenvalue weighted by Crippen LogP contribution is -2.49. The van der Waals surface area contributed by atoms with Gasteiger partial charge in [-0.25, -0.2) is 15.0 Å². The fraction of sp³-hybridized carbons (Fsp3) is 0. The Balaban J connectivity index is 1.25. The largest absolute Gasteiger partial charge is 0.456 e. The van der Waals surface area contributed by atoms with Crippen LogP contribution in [0, 0.1) is 0 Å². The third kappa shape index (κ3) is 4.78. The lowest BCUT2D eigenvalue weighted by Gasteiger charge is -2.16. The molecule has 0 unspecified atom stereocenters. The van der Waals surface area contributed by atoms with Gasteiger partial charge in [0.15, 0.2) is 17.5 Å². The van der Waals surface area contributed by atoms with E-state index in [2.05, 4.69) is 104 Å². The van der Waals surface area contributed by atoms with Gasteiger partial charge in [-0.05, 0) is 35.0 Å². The van der Waals surface area contributed by atoms with Crippen LogP contribution in [0.15, 0.2) is 101 Å². The smallest absolute Gasteiger partial charge is 0.164 e. The van der Waals surface area contributed by atoms with E-state index in [4.69, 9.17) is 19.4 Å². The predicted molar refractivity (Wildman–Crippen MR) is 243 cm³/mol. The van der Waals surface area contributed by atoms with Gasteiger partial charge >= 0.3 is 0 Å². The molecule has 0 saturated heterocycles. The summed E-state index contributed by atoms with van der Waals surface area (Å²) in [5.74, 6) is 1.88. The van der Waals surface area contributed by atoms with Crippen molar-refractivity contribution in [2.75, 3.05) is 0 Å². The minimum absolute atomic E-state index is 0.606. The minimum atomic E-state index is 0.606. The Morgan fingerprint density at radius 3 is 1.33 bits per heavy atom. The fourth-order valence-electron chi connectivity index (χ4n) is 8.11. The summed E-state index contributed by atoms with van der Waals surface area (Å²) in [6.07, 6.45) is 0. The molecule has 0 aliphatic rings. The van der Waals surface area contributed by atoms with Crippen LogP contribution in [0.3, 0.4) is 0 Å². The zero-order valence-corrected chi connectivity index (χ0v) is 30.9. The highest BCUT2D eigenvalue weighted by atomic mass is 16.3. The number of furan rings is 1. The van der Waals surface area contributed by atoms with Crippen LogP contribution in [0.5, 0.6) is 0 Å². The summed E-state index contributed by atoms with van der Waals surface area (Å²) in [6.45, 7) is 0. The standard InChI is InChI=1S/C39H32B8N4O/c40-27-25-26-28(41)30(43)32(45)34(47)36(26)51(35(25)33(46)31(44)29(27)42)20-12-14-22-21-13-11-19(15-23(21)52-24(22)16-20)39-49-37(17-7-3-1-4-8-17)48-38(50-39)18-9-5-2-6-10-18/h1-16H,40-47H2. The average molecular weight is 659 g/mol. The van der Waals surface area contributed by atoms with Crippen molar-refractivity contribution < 1.29 is 4.42 Å². The van der Waals surface area contributed by atoms with Gasteiger partial charge in [-0.2, -0.15) is 0 Å². The van der Waals surface area contributed by atoms with E-state index in [1.807, 2.05) is 60.7 Å². The van der Waals surface area contributed by atoms with E-state index >= 15 is 0 Å². The Labute approximate surface area is 309 Å². The van der Waals surface area contributed by atoms with Crippen molar-refractivity contribution in [3.63, 3.8) is 0 Å². The van der Waals surface area contributed by atoms with Gasteiger partial charge in [-0.1, -0.05) is 99.5 Å². The highest BCUT2D eigenvalue weighted by Gasteiger charge is 2.24. The molecule has 0 fully saturated rings. The highest BCUT2D eigenvalue weighted by molar-refractivity contribution is 6.71. The minimum Gasteiger partial charge on any atom is -0.456 e. The molecule has 5 nitrogen and oxygen atoms in total. The first kappa shape index (κ1) is 32.4. The highest BCUT2D eigenvalue weighted by Crippen LogP contribution is 2.35. The molecule has 0 radical (unpaired) electrons. The summed E-state index contributed by atoms with van der Waals surface area (Å²) in [5.41, 5.74) is 18.8. The van der Waals surface area contributed by atoms with Crippen LogP contribution in [0.2, 0.25) is 0 Å². The van der Waals surface area contributed by atoms with E-state index in [1.54, 1.807) is 0 Å². The van der Waals surface area contributed by atoms with Gasteiger partial charge < -0.3 is 8.98 Å². The molecule has 0 N–H and O–H groups in total. The number of hydrogen-bond donors (Lipinski definition) is 0. The molecule has 3 heterocycles. The Bertz CT molecular complexity index is 2810. The summed E-state index contributed by atoms with van der Waals surface area (Å²) >= 11 is 0. The van der Waals surface area contributed by atoms with Crippen molar-refractivity contribution in [2.24, 2.45) is 0 Å². The molecule has 0 bridgehead atoms. The van der Waals surface area contributed by atoms with Crippen molar-refractivity contribution >= 4 is 150 Å². The maximum Gasteiger partial charge on any atom is 0.164 e. The zero-order valence-electron chi connectivity index (χ0n) is 30.9. The first-order chi connectivity index (χ1) is 25.1. The molecule has 13 heteroatoms. The van der Waals surface area contributed by atoms with Crippen molar-refractivity contribution in [2.45, 2.75) is 0 Å². The van der Waals surface area contributed by atoms with E-state index in [-0.39, 0.29) is 0 Å². The second-order valence-electron chi connectivity index (χ2n) is 14.3. The quantitative estimate of drug-likeness (QED) is 0.181. The normalized spacial score (nSPS) is 11.7. The third-order valence-electron chi connectivity index (χ3n) is 11.7. The second kappa shape index (κ2) is 12.0. The SMILES string of the molecule is Bc1c(B)c(B)c2c(c1B)c1c(B)c(B)c(B)c(B)c1n2-c1ccc2c(c1)oc1cc(-c3nc(-c4ccccc4)nc(-c4ccccc4)n3)ccc12. The van der Waals surface area contributed by atoms with Crippen LogP contribution in [-0.4, -0.2) is 82.3 Å². The van der Waals surface area contributed by atoms with Crippen LogP contribution in [-0.2, 0) is 0 Å². The Hall–Kier alpha value is -5.55. The maximum atomic E-state index is 6.72. The summed E-state index contributed by atoms with van der Waals surface area (Å²) in [5, 5.41) is 4.85. The average Bonchev–Trinajstić information content (AvgIpc) is 3.74. The van der Waals surface area contributed by atoms with Crippen molar-refractivity contribution in [1.82, 2.24) is 19.5 Å². The first-order valence-electron chi connectivity index (χ1n) is 18.0. The number of fused-ring (bicyclic) bond motifs is 6. The van der Waals surface area contributed by atoms with Crippen LogP contribution in [0.25, 0.3) is 83.6 Å². The number of benzene rings is 6. The van der Waals surface area contributed by atoms with E-state index in [1.165, 1.54) is 65.5 Å². The van der Waals surface area contributed by atoms with E-state index in [9.17, 15) is 0 Å². The van der Waals surface area contributed by atoms with Gasteiger partial charge in [-0.15, -0.1) is 10.9 Å². The van der Waals surface area contributed by atoms with Gasteiger partial charge in [0.25, 0.3) is 0 Å². The number of nitrogens with zero attached hydrogens (tertiary/aromatic N) is 4. The van der Waals surface area contributed by atoms with Crippen molar-refractivity contribution in [3.8, 4) is 39.9 Å². The first-order valence-corrected chi connectivity index (χ1v) is 18.0. The molecule has 52 heavy (non-hydrogen) atoms. The molecule has 0 spiro atoms. The molecule has 0 amide bonds. The lowest BCUT2D eigenvalue weighted by molar-refractivity contribution is 0.668. The molecular weight excluding hydrogens is 627 g/mol. The van der Waals surface area contributed by atoms with Gasteiger partial charge in [0.05, 0.1) is 0 Å². The topological polar surface area (TPSA) is 56.7 Å². The Morgan fingerprint density at radius 1 is 0.404 bits per heavy atom. The molecule has 9 rings (SSSR count). The van der Waals surface area contributed by atoms with Crippen molar-refractivity contribution in [1.29, 1.82) is 0 Å². The number of rotatable bonds is 4. The number of hydrogen-bond acceptors (Lipinski definition) is 4. The van der Waals surface area contributed by atoms with Gasteiger partial charge in [0, 0.05) is 50.2 Å². The Morgan fingerprint density at radius 2 is 0.827 bits per heavy atom. The van der Waals surface area contributed by atoms with E-state index < -0.39 is 0 Å². The van der Waals surface area contributed by atoms with Gasteiger partial charge in [0.2, 0.25) is 0 Å². The molecular formula is C39H32B8N4O. The summed E-state index contributed by atoms with van der Waals surface area (Å²) in [7, 11) is 18.2. The molecule has 6 aromatic carbocycles. The number of aromatic nitrogens is 4. The summed E-state index contributed by atoms with van der Waals surface area (Å²) in [6, 6.07) is 33.1. The fourth-order valence-corrected chi connectivity index (χ4v) is 8.11. The van der Waals surface area contributed by atoms with E-state index in [0.717, 1.165) is 44.3 Å². The summed E-state index contributed by atoms with van der Waals surface area (Å²) in [4.78, 5) is 14.8. The van der Waals surface area contributed by atoms with Crippen LogP contribution >= 0.6 is 0 Å². The predicted octanol–water partition coefficient (Wildman–Crippen LogP) is -4.06. The summed E-state index contributed by atoms with van der Waals surface area (Å²) < 4.78 is 9.21. The molecule has 0 aliphatic carbocycles. The van der Waals surface area contributed by atoms with Gasteiger partial charge in [-0.3, -0.25) is 0 Å². The molecule has 238 valence electrons. The molecule has 0 atom stereocenters. The molecule has 3 aromatic heterocycles. The van der Waals surface area contributed by atoms with E-state index in [0.29, 0.717) is 17.5 Å². The third-order valence-corrected chi connectivity index (χ3v) is 11.7. The van der Waals surface area contributed by atoms with Crippen LogP contribution in [0.4, 0.5) is 0 Å². The molecule has 0 aliphatic heterocycles. The maximum absolute atomic E-state index is 6.72. The zero-order chi connectivity index (χ0) is 36.0. The van der Waals surface area contributed by atoms with Crippen LogP contribution in [0.1, 0.15) is 0 Å². The van der Waals surface area contributed by atoms with Crippen LogP contribution < -0.4 is 43.7 Å². The molecule has 0 saturated carbocycles. The second-order valence-corrected chi connectivity index (χ2v) is 14.3. The Kier molecular flexibility index (Phi) is 7.48.